The Hall–Kier alpha value is -1.24. The summed E-state index contributed by atoms with van der Waals surface area (Å²) in [5.41, 5.74) is 1.07. The Morgan fingerprint density at radius 1 is 1.13 bits per heavy atom. The van der Waals surface area contributed by atoms with Gasteiger partial charge in [0.25, 0.3) is 0 Å². The average Bonchev–Trinajstić information content (AvgIpc) is 3.01. The van der Waals surface area contributed by atoms with Gasteiger partial charge in [-0.1, -0.05) is 35.0 Å². The molecule has 0 spiro atoms. The zero-order valence-electron chi connectivity index (χ0n) is 17.0. The molecule has 1 aromatic heterocycles. The summed E-state index contributed by atoms with van der Waals surface area (Å²) in [7, 11) is 2.02. The van der Waals surface area contributed by atoms with Crippen LogP contribution in [0.2, 0.25) is 10.0 Å². The number of nitrogens with one attached hydrogen (secondary N) is 1. The number of hydrogen-bond donors (Lipinski definition) is 1. The van der Waals surface area contributed by atoms with E-state index in [0.717, 1.165) is 35.2 Å². The summed E-state index contributed by atoms with van der Waals surface area (Å²) in [4.78, 5) is 12.3. The predicted molar refractivity (Wildman–Crippen MR) is 121 cm³/mol. The summed E-state index contributed by atoms with van der Waals surface area (Å²) in [5.74, 6) is 4.02. The first-order valence-electron chi connectivity index (χ1n) is 10.7. The SMILES string of the molecule is Cn1c(CC23CC4CC(CC(C4)C2)C3)nnc1SCC(=O)Nc1ccc(Cl)c(Cl)c1. The van der Waals surface area contributed by atoms with Crippen LogP contribution in [-0.4, -0.2) is 26.4 Å². The molecular formula is C22H26Cl2N4OS. The van der Waals surface area contributed by atoms with E-state index in [-0.39, 0.29) is 11.7 Å². The number of carbonyl (C=O) groups excluding carboxylic acids is 1. The van der Waals surface area contributed by atoms with Crippen molar-refractivity contribution in [2.45, 2.75) is 50.1 Å². The van der Waals surface area contributed by atoms with Gasteiger partial charge < -0.3 is 9.88 Å². The molecule has 0 saturated heterocycles. The third-order valence-electron chi connectivity index (χ3n) is 7.16. The van der Waals surface area contributed by atoms with Gasteiger partial charge in [-0.15, -0.1) is 10.2 Å². The number of nitrogens with zero attached hydrogens (tertiary/aromatic N) is 3. The number of aromatic nitrogens is 3. The Morgan fingerprint density at radius 3 is 2.43 bits per heavy atom. The highest BCUT2D eigenvalue weighted by Gasteiger charge is 2.51. The van der Waals surface area contributed by atoms with E-state index in [9.17, 15) is 4.79 Å². The van der Waals surface area contributed by atoms with Crippen molar-refractivity contribution >= 4 is 46.6 Å². The first-order valence-corrected chi connectivity index (χ1v) is 12.4. The molecule has 8 heteroatoms. The van der Waals surface area contributed by atoms with E-state index in [2.05, 4.69) is 20.1 Å². The summed E-state index contributed by atoms with van der Waals surface area (Å²) in [6.07, 6.45) is 9.46. The quantitative estimate of drug-likeness (QED) is 0.564. The summed E-state index contributed by atoms with van der Waals surface area (Å²) < 4.78 is 2.08. The number of halogens is 2. The number of amides is 1. The third kappa shape index (κ3) is 4.11. The Labute approximate surface area is 191 Å². The van der Waals surface area contributed by atoms with E-state index < -0.39 is 0 Å². The monoisotopic (exact) mass is 464 g/mol. The van der Waals surface area contributed by atoms with Gasteiger partial charge in [0.2, 0.25) is 5.91 Å². The molecule has 2 aromatic rings. The standard InChI is InChI=1S/C22H26Cl2N4OS/c1-28-19(11-22-8-13-4-14(9-22)6-15(5-13)10-22)26-27-21(28)30-12-20(29)25-16-2-3-17(23)18(24)7-16/h2-3,7,13-15H,4-6,8-12H2,1H3,(H,25,29). The highest BCUT2D eigenvalue weighted by Crippen LogP contribution is 2.60. The number of anilines is 1. The van der Waals surface area contributed by atoms with Crippen molar-refractivity contribution in [3.05, 3.63) is 34.1 Å². The Morgan fingerprint density at radius 2 is 1.80 bits per heavy atom. The van der Waals surface area contributed by atoms with Gasteiger partial charge in [0.05, 0.1) is 15.8 Å². The molecule has 0 atom stereocenters. The van der Waals surface area contributed by atoms with E-state index in [4.69, 9.17) is 23.2 Å². The van der Waals surface area contributed by atoms with Crippen LogP contribution in [-0.2, 0) is 18.3 Å². The lowest BCUT2D eigenvalue weighted by atomic mass is 9.49. The molecule has 1 amide bonds. The van der Waals surface area contributed by atoms with Crippen molar-refractivity contribution < 1.29 is 4.79 Å². The minimum atomic E-state index is -0.107. The Balaban J connectivity index is 1.20. The van der Waals surface area contributed by atoms with E-state index in [1.807, 2.05) is 7.05 Å². The lowest BCUT2D eigenvalue weighted by molar-refractivity contribution is -0.113. The fraction of sp³-hybridized carbons (Fsp3) is 0.591. The largest absolute Gasteiger partial charge is 0.325 e. The average molecular weight is 465 g/mol. The van der Waals surface area contributed by atoms with Crippen molar-refractivity contribution in [1.82, 2.24) is 14.8 Å². The van der Waals surface area contributed by atoms with Crippen LogP contribution in [0.25, 0.3) is 0 Å². The number of rotatable bonds is 6. The maximum Gasteiger partial charge on any atom is 0.234 e. The van der Waals surface area contributed by atoms with Crippen LogP contribution in [0.5, 0.6) is 0 Å². The molecule has 4 bridgehead atoms. The van der Waals surface area contributed by atoms with Crippen molar-refractivity contribution in [3.8, 4) is 0 Å². The smallest absolute Gasteiger partial charge is 0.234 e. The van der Waals surface area contributed by atoms with Crippen LogP contribution in [0.3, 0.4) is 0 Å². The molecule has 0 aliphatic heterocycles. The van der Waals surface area contributed by atoms with E-state index in [0.29, 0.717) is 21.1 Å². The highest BCUT2D eigenvalue weighted by molar-refractivity contribution is 7.99. The van der Waals surface area contributed by atoms with Crippen molar-refractivity contribution in [1.29, 1.82) is 0 Å². The van der Waals surface area contributed by atoms with E-state index in [1.54, 1.807) is 18.2 Å². The number of carbonyl (C=O) groups is 1. The van der Waals surface area contributed by atoms with E-state index in [1.165, 1.54) is 50.3 Å². The summed E-state index contributed by atoms with van der Waals surface area (Å²) in [5, 5.41) is 13.4. The van der Waals surface area contributed by atoms with Crippen molar-refractivity contribution in [2.24, 2.45) is 30.2 Å². The predicted octanol–water partition coefficient (Wildman–Crippen LogP) is 5.61. The molecule has 30 heavy (non-hydrogen) atoms. The van der Waals surface area contributed by atoms with E-state index >= 15 is 0 Å². The second-order valence-electron chi connectivity index (χ2n) is 9.52. The normalized spacial score (nSPS) is 29.4. The minimum absolute atomic E-state index is 0.107. The van der Waals surface area contributed by atoms with Crippen LogP contribution in [0, 0.1) is 23.2 Å². The summed E-state index contributed by atoms with van der Waals surface area (Å²) in [6, 6.07) is 5.06. The second kappa shape index (κ2) is 8.03. The van der Waals surface area contributed by atoms with Crippen LogP contribution in [0.15, 0.2) is 23.4 Å². The summed E-state index contributed by atoms with van der Waals surface area (Å²) in [6.45, 7) is 0. The molecule has 0 unspecified atom stereocenters. The third-order valence-corrected chi connectivity index (χ3v) is 8.92. The van der Waals surface area contributed by atoms with Crippen molar-refractivity contribution in [2.75, 3.05) is 11.1 Å². The molecule has 0 radical (unpaired) electrons. The topological polar surface area (TPSA) is 59.8 Å². The summed E-state index contributed by atoms with van der Waals surface area (Å²) >= 11 is 13.3. The fourth-order valence-corrected chi connectivity index (χ4v) is 7.40. The van der Waals surface area contributed by atoms with Gasteiger partial charge in [-0.25, -0.2) is 0 Å². The van der Waals surface area contributed by atoms with Gasteiger partial charge in [0.1, 0.15) is 5.82 Å². The molecule has 1 N–H and O–H groups in total. The minimum Gasteiger partial charge on any atom is -0.325 e. The molecule has 1 heterocycles. The van der Waals surface area contributed by atoms with Crippen molar-refractivity contribution in [3.63, 3.8) is 0 Å². The Kier molecular flexibility index (Phi) is 5.53. The van der Waals surface area contributed by atoms with Gasteiger partial charge in [-0.2, -0.15) is 0 Å². The highest BCUT2D eigenvalue weighted by atomic mass is 35.5. The van der Waals surface area contributed by atoms with Gasteiger partial charge in [0.15, 0.2) is 5.16 Å². The molecule has 4 fully saturated rings. The fourth-order valence-electron chi connectivity index (χ4n) is 6.37. The van der Waals surface area contributed by atoms with Crippen LogP contribution < -0.4 is 5.32 Å². The van der Waals surface area contributed by atoms with Crippen LogP contribution >= 0.6 is 35.0 Å². The zero-order valence-corrected chi connectivity index (χ0v) is 19.4. The van der Waals surface area contributed by atoms with Gasteiger partial charge in [-0.05, 0) is 79.9 Å². The van der Waals surface area contributed by atoms with Gasteiger partial charge in [-0.3, -0.25) is 4.79 Å². The first-order chi connectivity index (χ1) is 14.4. The number of thioether (sulfide) groups is 1. The molecular weight excluding hydrogens is 439 g/mol. The molecule has 4 saturated carbocycles. The lowest BCUT2D eigenvalue weighted by Gasteiger charge is -2.56. The van der Waals surface area contributed by atoms with Crippen LogP contribution in [0.4, 0.5) is 5.69 Å². The molecule has 5 nitrogen and oxygen atoms in total. The Bertz CT molecular complexity index is 941. The number of benzene rings is 1. The number of hydrogen-bond acceptors (Lipinski definition) is 4. The van der Waals surface area contributed by atoms with Gasteiger partial charge in [0, 0.05) is 19.2 Å². The zero-order chi connectivity index (χ0) is 20.9. The molecule has 4 aliphatic rings. The lowest BCUT2D eigenvalue weighted by Crippen LogP contribution is -2.47. The molecule has 4 aliphatic carbocycles. The second-order valence-corrected chi connectivity index (χ2v) is 11.3. The molecule has 1 aromatic carbocycles. The van der Waals surface area contributed by atoms with Gasteiger partial charge >= 0.3 is 0 Å². The maximum absolute atomic E-state index is 12.3. The first kappa shape index (κ1) is 20.7. The molecule has 160 valence electrons. The molecule has 6 rings (SSSR count). The maximum atomic E-state index is 12.3. The van der Waals surface area contributed by atoms with Crippen LogP contribution in [0.1, 0.15) is 44.3 Å².